The van der Waals surface area contributed by atoms with Gasteiger partial charge in [-0.1, -0.05) is 43.7 Å². The molecule has 1 rings (SSSR count). The molecule has 0 aliphatic heterocycles. The zero-order valence-corrected chi connectivity index (χ0v) is 8.53. The topological polar surface area (TPSA) is 3.24 Å². The van der Waals surface area contributed by atoms with Crippen LogP contribution < -0.4 is 0 Å². The highest BCUT2D eigenvalue weighted by Crippen LogP contribution is 2.22. The maximum atomic E-state index is 3.91. The Hall–Kier alpha value is -0.820. The maximum Gasteiger partial charge on any atom is 0.0342 e. The number of nitrogens with zero attached hydrogens (tertiary/aromatic N) is 1. The van der Waals surface area contributed by atoms with Crippen LogP contribution in [0.4, 0.5) is 0 Å². The Kier molecular flexibility index (Phi) is 3.97. The van der Waals surface area contributed by atoms with E-state index in [1.54, 1.807) is 0 Å². The molecule has 71 valence electrons. The molecule has 0 amide bonds. The quantitative estimate of drug-likeness (QED) is 0.682. The summed E-state index contributed by atoms with van der Waals surface area (Å²) in [7, 11) is 4.24. The molecule has 0 saturated carbocycles. The molecule has 1 nitrogen and oxygen atoms in total. The van der Waals surface area contributed by atoms with Gasteiger partial charge in [0.25, 0.3) is 0 Å². The second-order valence-corrected chi connectivity index (χ2v) is 3.53. The highest BCUT2D eigenvalue weighted by molar-refractivity contribution is 5.18. The predicted octanol–water partition coefficient (Wildman–Crippen LogP) is 2.90. The zero-order chi connectivity index (χ0) is 9.68. The first-order chi connectivity index (χ1) is 6.25. The Morgan fingerprint density at radius 2 is 1.85 bits per heavy atom. The van der Waals surface area contributed by atoms with Crippen molar-refractivity contribution in [3.63, 3.8) is 0 Å². The van der Waals surface area contributed by atoms with Crippen LogP contribution in [0.25, 0.3) is 0 Å². The summed E-state index contributed by atoms with van der Waals surface area (Å²) >= 11 is 0. The van der Waals surface area contributed by atoms with Gasteiger partial charge in [-0.25, -0.2) is 0 Å². The van der Waals surface area contributed by atoms with E-state index in [2.05, 4.69) is 56.3 Å². The SMILES string of the molecule is [CH2]CCC(c1ccccc1)N(C)C. The van der Waals surface area contributed by atoms with E-state index in [0.29, 0.717) is 6.04 Å². The molecule has 0 aliphatic rings. The Labute approximate surface area is 81.4 Å². The Balaban J connectivity index is 2.76. The second-order valence-electron chi connectivity index (χ2n) is 3.53. The summed E-state index contributed by atoms with van der Waals surface area (Å²) in [4.78, 5) is 2.25. The molecule has 0 saturated heterocycles. The molecular formula is C12H18N. The molecule has 1 atom stereocenters. The largest absolute Gasteiger partial charge is 0.302 e. The van der Waals surface area contributed by atoms with Crippen molar-refractivity contribution in [2.24, 2.45) is 0 Å². The van der Waals surface area contributed by atoms with E-state index >= 15 is 0 Å². The molecule has 0 spiro atoms. The highest BCUT2D eigenvalue weighted by Gasteiger charge is 2.11. The van der Waals surface area contributed by atoms with E-state index in [0.717, 1.165) is 12.8 Å². The standard InChI is InChI=1S/C12H18N/c1-4-8-12(13(2)3)11-9-6-5-7-10-11/h5-7,9-10,12H,1,4,8H2,2-3H3. The van der Waals surface area contributed by atoms with Gasteiger partial charge in [0, 0.05) is 6.04 Å². The third-order valence-electron chi connectivity index (χ3n) is 2.29. The van der Waals surface area contributed by atoms with Gasteiger partial charge in [-0.15, -0.1) is 0 Å². The second kappa shape index (κ2) is 5.03. The fourth-order valence-corrected chi connectivity index (χ4v) is 1.59. The van der Waals surface area contributed by atoms with Gasteiger partial charge in [0.05, 0.1) is 0 Å². The van der Waals surface area contributed by atoms with Crippen LogP contribution in [0, 0.1) is 6.92 Å². The van der Waals surface area contributed by atoms with Crippen molar-refractivity contribution in [1.29, 1.82) is 0 Å². The van der Waals surface area contributed by atoms with Gasteiger partial charge >= 0.3 is 0 Å². The number of hydrogen-bond donors (Lipinski definition) is 0. The lowest BCUT2D eigenvalue weighted by Crippen LogP contribution is -2.19. The molecule has 1 radical (unpaired) electrons. The molecule has 0 N–H and O–H groups in total. The van der Waals surface area contributed by atoms with Crippen molar-refractivity contribution in [2.75, 3.05) is 14.1 Å². The first kappa shape index (κ1) is 10.3. The number of rotatable bonds is 4. The average Bonchev–Trinajstić information content (AvgIpc) is 2.15. The van der Waals surface area contributed by atoms with Crippen molar-refractivity contribution in [2.45, 2.75) is 18.9 Å². The van der Waals surface area contributed by atoms with Crippen LogP contribution in [-0.4, -0.2) is 19.0 Å². The minimum atomic E-state index is 0.513. The lowest BCUT2D eigenvalue weighted by molar-refractivity contribution is 0.285. The predicted molar refractivity (Wildman–Crippen MR) is 57.5 cm³/mol. The van der Waals surface area contributed by atoms with Crippen LogP contribution in [-0.2, 0) is 0 Å². The molecule has 1 heteroatoms. The molecule has 1 unspecified atom stereocenters. The Morgan fingerprint density at radius 1 is 1.23 bits per heavy atom. The minimum Gasteiger partial charge on any atom is -0.302 e. The van der Waals surface area contributed by atoms with Gasteiger partial charge in [0.15, 0.2) is 0 Å². The van der Waals surface area contributed by atoms with Gasteiger partial charge in [0.1, 0.15) is 0 Å². The normalized spacial score (nSPS) is 13.2. The van der Waals surface area contributed by atoms with Crippen LogP contribution >= 0.6 is 0 Å². The molecule has 0 fully saturated rings. The van der Waals surface area contributed by atoms with Crippen LogP contribution in [0.3, 0.4) is 0 Å². The van der Waals surface area contributed by atoms with Gasteiger partial charge < -0.3 is 4.90 Å². The summed E-state index contributed by atoms with van der Waals surface area (Å²) in [5, 5.41) is 0. The minimum absolute atomic E-state index is 0.513. The van der Waals surface area contributed by atoms with Crippen LogP contribution in [0.5, 0.6) is 0 Å². The first-order valence-electron chi connectivity index (χ1n) is 4.76. The van der Waals surface area contributed by atoms with E-state index in [1.165, 1.54) is 5.56 Å². The monoisotopic (exact) mass is 176 g/mol. The third kappa shape index (κ3) is 2.85. The van der Waals surface area contributed by atoms with Crippen molar-refractivity contribution >= 4 is 0 Å². The molecular weight excluding hydrogens is 158 g/mol. The van der Waals surface area contributed by atoms with Gasteiger partial charge in [-0.3, -0.25) is 0 Å². The van der Waals surface area contributed by atoms with Gasteiger partial charge in [-0.05, 0) is 26.1 Å². The van der Waals surface area contributed by atoms with E-state index in [1.807, 2.05) is 0 Å². The van der Waals surface area contributed by atoms with Crippen molar-refractivity contribution in [3.8, 4) is 0 Å². The number of benzene rings is 1. The van der Waals surface area contributed by atoms with Crippen LogP contribution in [0.2, 0.25) is 0 Å². The molecule has 1 aromatic carbocycles. The summed E-state index contributed by atoms with van der Waals surface area (Å²) < 4.78 is 0. The summed E-state index contributed by atoms with van der Waals surface area (Å²) in [5.41, 5.74) is 1.39. The van der Waals surface area contributed by atoms with Crippen molar-refractivity contribution in [1.82, 2.24) is 4.90 Å². The molecule has 13 heavy (non-hydrogen) atoms. The van der Waals surface area contributed by atoms with Crippen LogP contribution in [0.15, 0.2) is 30.3 Å². The molecule has 1 aromatic rings. The molecule has 0 aromatic heterocycles. The molecule has 0 aliphatic carbocycles. The van der Waals surface area contributed by atoms with Crippen LogP contribution in [0.1, 0.15) is 24.4 Å². The lowest BCUT2D eigenvalue weighted by Gasteiger charge is -2.24. The Bertz CT molecular complexity index is 228. The number of hydrogen-bond acceptors (Lipinski definition) is 1. The van der Waals surface area contributed by atoms with Gasteiger partial charge in [0.2, 0.25) is 0 Å². The fourth-order valence-electron chi connectivity index (χ4n) is 1.59. The summed E-state index contributed by atoms with van der Waals surface area (Å²) in [6.45, 7) is 3.91. The summed E-state index contributed by atoms with van der Waals surface area (Å²) in [6, 6.07) is 11.1. The molecule has 0 heterocycles. The fraction of sp³-hybridized carbons (Fsp3) is 0.417. The van der Waals surface area contributed by atoms with Crippen molar-refractivity contribution in [3.05, 3.63) is 42.8 Å². The highest BCUT2D eigenvalue weighted by atomic mass is 15.1. The average molecular weight is 176 g/mol. The Morgan fingerprint density at radius 3 is 2.31 bits per heavy atom. The third-order valence-corrected chi connectivity index (χ3v) is 2.29. The van der Waals surface area contributed by atoms with E-state index in [-0.39, 0.29) is 0 Å². The lowest BCUT2D eigenvalue weighted by atomic mass is 10.0. The first-order valence-corrected chi connectivity index (χ1v) is 4.76. The summed E-state index contributed by atoms with van der Waals surface area (Å²) in [6.07, 6.45) is 2.11. The molecule has 0 bridgehead atoms. The zero-order valence-electron chi connectivity index (χ0n) is 8.53. The smallest absolute Gasteiger partial charge is 0.0342 e. The van der Waals surface area contributed by atoms with Crippen molar-refractivity contribution < 1.29 is 0 Å². The maximum absolute atomic E-state index is 3.91. The van der Waals surface area contributed by atoms with E-state index in [9.17, 15) is 0 Å². The van der Waals surface area contributed by atoms with Gasteiger partial charge in [-0.2, -0.15) is 0 Å². The summed E-state index contributed by atoms with van der Waals surface area (Å²) in [5.74, 6) is 0. The van der Waals surface area contributed by atoms with E-state index in [4.69, 9.17) is 0 Å². The van der Waals surface area contributed by atoms with E-state index < -0.39 is 0 Å².